The second-order valence-corrected chi connectivity index (χ2v) is 10.1. The van der Waals surface area contributed by atoms with Crippen molar-refractivity contribution in [3.05, 3.63) is 135 Å². The average Bonchev–Trinajstić information content (AvgIpc) is 3.09. The molecule has 0 saturated carbocycles. The highest BCUT2D eigenvalue weighted by molar-refractivity contribution is 5.95. The largest absolute Gasteiger partial charge is 0.506 e. The molecule has 0 atom stereocenters. The van der Waals surface area contributed by atoms with Crippen molar-refractivity contribution in [1.29, 1.82) is 0 Å². The number of fused-ring (bicyclic) bond motifs is 2. The summed E-state index contributed by atoms with van der Waals surface area (Å²) < 4.78 is 5.50. The van der Waals surface area contributed by atoms with E-state index in [4.69, 9.17) is 4.74 Å². The van der Waals surface area contributed by atoms with Crippen molar-refractivity contribution in [3.8, 4) is 11.5 Å². The number of nitrogens with one attached hydrogen (secondary N) is 2. The van der Waals surface area contributed by atoms with Gasteiger partial charge in [-0.2, -0.15) is 5.10 Å². The second-order valence-electron chi connectivity index (χ2n) is 10.1. The number of hydrogen-bond donors (Lipinski definition) is 3. The minimum absolute atomic E-state index is 0.102. The smallest absolute Gasteiger partial charge is 0.264 e. The zero-order valence-corrected chi connectivity index (χ0v) is 26.5. The molecule has 0 unspecified atom stereocenters. The number of rotatable bonds is 6. The molecule has 3 aromatic heterocycles. The van der Waals surface area contributed by atoms with E-state index in [0.29, 0.717) is 17.2 Å². The molecule has 0 aliphatic heterocycles. The third-order valence-electron chi connectivity index (χ3n) is 6.44. The quantitative estimate of drug-likeness (QED) is 0.137. The summed E-state index contributed by atoms with van der Waals surface area (Å²) in [6.07, 6.45) is 5.82. The number of nitrogens with zero attached hydrogens (tertiary/aromatic N) is 3. The van der Waals surface area contributed by atoms with Crippen LogP contribution in [0.2, 0.25) is 0 Å². The van der Waals surface area contributed by atoms with E-state index in [1.54, 1.807) is 36.5 Å². The van der Waals surface area contributed by atoms with Gasteiger partial charge in [-0.15, -0.1) is 0 Å². The van der Waals surface area contributed by atoms with Crippen LogP contribution in [0, 0.1) is 13.8 Å². The van der Waals surface area contributed by atoms with E-state index in [-0.39, 0.29) is 22.7 Å². The lowest BCUT2D eigenvalue weighted by atomic mass is 10.1. The number of ketones is 1. The first-order chi connectivity index (χ1) is 22.2. The van der Waals surface area contributed by atoms with Gasteiger partial charge < -0.3 is 14.8 Å². The van der Waals surface area contributed by atoms with Crippen LogP contribution in [0.1, 0.15) is 54.9 Å². The maximum absolute atomic E-state index is 11.3. The van der Waals surface area contributed by atoms with Gasteiger partial charge in [-0.25, -0.2) is 10.1 Å². The van der Waals surface area contributed by atoms with Gasteiger partial charge in [-0.05, 0) is 68.8 Å². The molecule has 46 heavy (non-hydrogen) atoms. The van der Waals surface area contributed by atoms with Crippen LogP contribution in [0.3, 0.4) is 0 Å². The molecule has 6 aromatic rings. The average molecular weight is 622 g/mol. The molecule has 0 bridgehead atoms. The van der Waals surface area contributed by atoms with E-state index in [0.717, 1.165) is 53.2 Å². The van der Waals surface area contributed by atoms with Crippen molar-refractivity contribution in [3.63, 3.8) is 0 Å². The minimum atomic E-state index is -0.177. The lowest BCUT2D eigenvalue weighted by Gasteiger charge is -2.05. The molecular weight excluding hydrogens is 582 g/mol. The maximum atomic E-state index is 11.3. The van der Waals surface area contributed by atoms with E-state index in [2.05, 4.69) is 32.1 Å². The molecule has 0 spiro atoms. The Labute approximate surface area is 267 Å². The second kappa shape index (κ2) is 18.2. The molecule has 0 amide bonds. The Balaban J connectivity index is 0.000000170. The topological polar surface area (TPSA) is 151 Å². The third-order valence-corrected chi connectivity index (χ3v) is 6.44. The van der Waals surface area contributed by atoms with Crippen LogP contribution in [0.4, 0.5) is 0 Å². The molecule has 10 heteroatoms. The van der Waals surface area contributed by atoms with Gasteiger partial charge >= 0.3 is 0 Å². The van der Waals surface area contributed by atoms with Crippen LogP contribution in [0.5, 0.6) is 11.5 Å². The number of benzene rings is 3. The number of aromatic hydroxyl groups is 1. The van der Waals surface area contributed by atoms with Gasteiger partial charge in [0.25, 0.3) is 11.1 Å². The van der Waals surface area contributed by atoms with Crippen LogP contribution < -0.4 is 15.9 Å². The molecule has 3 N–H and O–H groups in total. The molecule has 3 aromatic carbocycles. The summed E-state index contributed by atoms with van der Waals surface area (Å²) in [5, 5.41) is 16.4. The van der Waals surface area contributed by atoms with E-state index in [1.807, 2.05) is 69.3 Å². The third kappa shape index (κ3) is 11.1. The highest BCUT2D eigenvalue weighted by Gasteiger charge is 2.02. The molecule has 0 radical (unpaired) electrons. The fraction of sp³-hybridized carbons (Fsp3) is 0.222. The lowest BCUT2D eigenvalue weighted by molar-refractivity contribution is 0.0988. The molecule has 3 heterocycles. The van der Waals surface area contributed by atoms with Crippen molar-refractivity contribution in [2.24, 2.45) is 0 Å². The Morgan fingerprint density at radius 3 is 2.11 bits per heavy atom. The maximum Gasteiger partial charge on any atom is 0.264 e. The van der Waals surface area contributed by atoms with Crippen molar-refractivity contribution in [2.45, 2.75) is 47.0 Å². The number of H-pyrrole nitrogens is 2. The molecule has 0 saturated heterocycles. The number of pyridine rings is 1. The van der Waals surface area contributed by atoms with Crippen LogP contribution >= 0.6 is 0 Å². The minimum Gasteiger partial charge on any atom is -0.506 e. The van der Waals surface area contributed by atoms with Crippen LogP contribution in [-0.2, 0) is 0 Å². The number of aromatic nitrogens is 5. The summed E-state index contributed by atoms with van der Waals surface area (Å²) in [6.45, 7) is 8.51. The van der Waals surface area contributed by atoms with Crippen molar-refractivity contribution < 1.29 is 14.6 Å². The number of aromatic amines is 2. The van der Waals surface area contributed by atoms with Crippen LogP contribution in [0.15, 0.2) is 107 Å². The molecule has 6 rings (SSSR count). The fourth-order valence-electron chi connectivity index (χ4n) is 3.93. The van der Waals surface area contributed by atoms with Gasteiger partial charge in [-0.3, -0.25) is 19.4 Å². The first kappa shape index (κ1) is 34.8. The number of carbonyl (C=O) groups excluding carboxylic acids is 1. The lowest BCUT2D eigenvalue weighted by Crippen LogP contribution is -2.05. The molecule has 10 nitrogen and oxygen atoms in total. The van der Waals surface area contributed by atoms with Crippen LogP contribution in [0.25, 0.3) is 21.8 Å². The highest BCUT2D eigenvalue weighted by Crippen LogP contribution is 2.19. The molecule has 0 aliphatic carbocycles. The number of carbonyl (C=O) groups is 1. The van der Waals surface area contributed by atoms with Gasteiger partial charge in [0.1, 0.15) is 11.5 Å². The van der Waals surface area contributed by atoms with E-state index >= 15 is 0 Å². The summed E-state index contributed by atoms with van der Waals surface area (Å²) in [5.74, 6) is 1.12. The standard InChI is InChI=1S/C13H18O2.C9H8N2.C9H7NO2.C5H6N2O/c1-3-5-10-15-12-8-6-11(7-9-12)13(14)4-2;1-7-6-10-8-4-2-3-5-9(8)11-7;11-8-5-10-9(12)7-4-2-1-3-6(7)8;1-4-2-3-5(8)7-6-4/h6-9H,3-5,10H2,1-2H3;2-6H,1H3;1-5,11H,(H,10,12);2-3H,1H3,(H,7,8). The van der Waals surface area contributed by atoms with Crippen molar-refractivity contribution in [2.75, 3.05) is 6.61 Å². The van der Waals surface area contributed by atoms with Crippen molar-refractivity contribution >= 4 is 27.6 Å². The van der Waals surface area contributed by atoms with Gasteiger partial charge in [0.2, 0.25) is 0 Å². The first-order valence-corrected chi connectivity index (χ1v) is 15.0. The predicted molar refractivity (Wildman–Crippen MR) is 182 cm³/mol. The summed E-state index contributed by atoms with van der Waals surface area (Å²) >= 11 is 0. The zero-order valence-electron chi connectivity index (χ0n) is 26.5. The normalized spacial score (nSPS) is 10.0. The molecular formula is C36H39N5O5. The number of unbranched alkanes of at least 4 members (excludes halogenated alkanes) is 1. The van der Waals surface area contributed by atoms with Crippen molar-refractivity contribution in [1.82, 2.24) is 25.1 Å². The van der Waals surface area contributed by atoms with Crippen LogP contribution in [-0.4, -0.2) is 42.6 Å². The summed E-state index contributed by atoms with van der Waals surface area (Å²) in [6, 6.07) is 25.3. The predicted octanol–water partition coefficient (Wildman–Crippen LogP) is 6.71. The van der Waals surface area contributed by atoms with E-state index in [9.17, 15) is 19.5 Å². The summed E-state index contributed by atoms with van der Waals surface area (Å²) in [5.41, 5.74) is 4.14. The molecule has 238 valence electrons. The Hall–Kier alpha value is -5.64. The molecule has 0 fully saturated rings. The number of Topliss-reactive ketones (excluding diaryl/α,β-unsaturated/α-hetero) is 1. The summed E-state index contributed by atoms with van der Waals surface area (Å²) in [7, 11) is 0. The Bertz CT molecular complexity index is 1930. The van der Waals surface area contributed by atoms with Gasteiger partial charge in [0.05, 0.1) is 34.4 Å². The highest BCUT2D eigenvalue weighted by atomic mass is 16.5. The Morgan fingerprint density at radius 2 is 1.50 bits per heavy atom. The number of aryl methyl sites for hydroxylation is 2. The van der Waals surface area contributed by atoms with Gasteiger partial charge in [0, 0.05) is 35.8 Å². The molecule has 0 aliphatic rings. The van der Waals surface area contributed by atoms with E-state index < -0.39 is 0 Å². The summed E-state index contributed by atoms with van der Waals surface area (Å²) in [4.78, 5) is 43.8. The number of hydrogen-bond acceptors (Lipinski definition) is 8. The Kier molecular flexibility index (Phi) is 13.8. The fourth-order valence-corrected chi connectivity index (χ4v) is 3.93. The van der Waals surface area contributed by atoms with Gasteiger partial charge in [0.15, 0.2) is 5.78 Å². The SMILES string of the molecule is CCCCOc1ccc(C(=O)CC)cc1.Cc1ccc(=O)[nH]n1.Cc1cnc2ccccc2n1.O=c1[nH]cc(O)c2ccccc12. The Morgan fingerprint density at radius 1 is 0.826 bits per heavy atom. The first-order valence-electron chi connectivity index (χ1n) is 15.0. The number of ether oxygens (including phenoxy) is 1. The van der Waals surface area contributed by atoms with Gasteiger partial charge in [-0.1, -0.05) is 50.6 Å². The monoisotopic (exact) mass is 621 g/mol. The van der Waals surface area contributed by atoms with E-state index in [1.165, 1.54) is 12.3 Å². The number of para-hydroxylation sites is 2. The zero-order chi connectivity index (χ0) is 33.3.